The Kier molecular flexibility index (Phi) is 6.16. The smallest absolute Gasteiger partial charge is 0.261 e. The third-order valence-electron chi connectivity index (χ3n) is 6.88. The summed E-state index contributed by atoms with van der Waals surface area (Å²) in [5.74, 6) is 0.884. The number of para-hydroxylation sites is 1. The molecule has 5 rings (SSSR count). The molecule has 174 valence electrons. The van der Waals surface area contributed by atoms with Crippen molar-refractivity contribution in [3.8, 4) is 0 Å². The van der Waals surface area contributed by atoms with Gasteiger partial charge in [0.1, 0.15) is 5.82 Å². The van der Waals surface area contributed by atoms with E-state index in [0.717, 1.165) is 47.2 Å². The molecule has 6 nitrogen and oxygen atoms in total. The van der Waals surface area contributed by atoms with Gasteiger partial charge in [0.25, 0.3) is 11.5 Å². The van der Waals surface area contributed by atoms with Crippen molar-refractivity contribution in [1.29, 1.82) is 0 Å². The number of hydrogen-bond acceptors (Lipinski definition) is 4. The van der Waals surface area contributed by atoms with Gasteiger partial charge in [-0.3, -0.25) is 19.1 Å². The second-order valence-electron chi connectivity index (χ2n) is 8.97. The molecule has 1 aromatic heterocycles. The van der Waals surface area contributed by atoms with Crippen LogP contribution in [0, 0.1) is 0 Å². The van der Waals surface area contributed by atoms with Crippen molar-refractivity contribution < 1.29 is 4.79 Å². The van der Waals surface area contributed by atoms with Crippen LogP contribution < -0.4 is 5.56 Å². The standard InChI is InChI=1S/C28H30N4O2/c1-3-15-32-26(29-25-14-7-6-12-24(25)28(32)34)20(2)30-16-18-31(19-17-30)27(33)23-13-8-10-21-9-4-5-11-22(21)23/h4-14,20H,3,15-19H2,1-2H3. The first-order valence-electron chi connectivity index (χ1n) is 12.1. The van der Waals surface area contributed by atoms with Gasteiger partial charge in [-0.15, -0.1) is 0 Å². The van der Waals surface area contributed by atoms with E-state index in [9.17, 15) is 9.59 Å². The molecule has 0 spiro atoms. The molecule has 0 saturated carbocycles. The van der Waals surface area contributed by atoms with E-state index < -0.39 is 0 Å². The summed E-state index contributed by atoms with van der Waals surface area (Å²) in [5.41, 5.74) is 1.53. The molecule has 0 bridgehead atoms. The lowest BCUT2D eigenvalue weighted by Gasteiger charge is -2.38. The Bertz CT molecular complexity index is 1400. The summed E-state index contributed by atoms with van der Waals surface area (Å²) in [4.78, 5) is 35.7. The third kappa shape index (κ3) is 3.99. The van der Waals surface area contributed by atoms with E-state index in [1.54, 1.807) is 0 Å². The first kappa shape index (κ1) is 22.3. The predicted molar refractivity (Wildman–Crippen MR) is 136 cm³/mol. The number of hydrogen-bond donors (Lipinski definition) is 0. The molecular weight excluding hydrogens is 424 g/mol. The monoisotopic (exact) mass is 454 g/mol. The molecule has 0 aliphatic carbocycles. The van der Waals surface area contributed by atoms with Gasteiger partial charge >= 0.3 is 0 Å². The van der Waals surface area contributed by atoms with Crippen LogP contribution in [-0.2, 0) is 6.54 Å². The Hall–Kier alpha value is -3.51. The summed E-state index contributed by atoms with van der Waals surface area (Å²) in [5, 5.41) is 2.74. The van der Waals surface area contributed by atoms with E-state index in [2.05, 4.69) is 18.7 Å². The summed E-state index contributed by atoms with van der Waals surface area (Å²) < 4.78 is 1.83. The van der Waals surface area contributed by atoms with Crippen LogP contribution in [-0.4, -0.2) is 51.4 Å². The van der Waals surface area contributed by atoms with E-state index in [1.807, 2.05) is 76.2 Å². The third-order valence-corrected chi connectivity index (χ3v) is 6.88. The van der Waals surface area contributed by atoms with Crippen LogP contribution in [0.15, 0.2) is 71.5 Å². The Morgan fingerprint density at radius 1 is 0.912 bits per heavy atom. The minimum Gasteiger partial charge on any atom is -0.336 e. The van der Waals surface area contributed by atoms with Crippen molar-refractivity contribution >= 4 is 27.6 Å². The topological polar surface area (TPSA) is 58.4 Å². The molecule has 0 N–H and O–H groups in total. The van der Waals surface area contributed by atoms with Crippen molar-refractivity contribution in [2.45, 2.75) is 32.9 Å². The van der Waals surface area contributed by atoms with Crippen LogP contribution >= 0.6 is 0 Å². The van der Waals surface area contributed by atoms with Gasteiger partial charge in [0.2, 0.25) is 0 Å². The van der Waals surface area contributed by atoms with Crippen LogP contribution in [0.4, 0.5) is 0 Å². The molecule has 1 aliphatic rings. The Morgan fingerprint density at radius 3 is 2.35 bits per heavy atom. The summed E-state index contributed by atoms with van der Waals surface area (Å²) >= 11 is 0. The molecule has 1 saturated heterocycles. The summed E-state index contributed by atoms with van der Waals surface area (Å²) in [6.45, 7) is 7.63. The SMILES string of the molecule is CCCn1c(C(C)N2CCN(C(=O)c3cccc4ccccc34)CC2)nc2ccccc2c1=O. The van der Waals surface area contributed by atoms with Gasteiger partial charge in [-0.1, -0.05) is 55.5 Å². The number of carbonyl (C=O) groups excluding carboxylic acids is 1. The molecule has 1 unspecified atom stereocenters. The molecule has 1 amide bonds. The lowest BCUT2D eigenvalue weighted by Crippen LogP contribution is -2.50. The molecule has 1 fully saturated rings. The van der Waals surface area contributed by atoms with Gasteiger partial charge in [-0.25, -0.2) is 4.98 Å². The number of fused-ring (bicyclic) bond motifs is 2. The molecule has 34 heavy (non-hydrogen) atoms. The van der Waals surface area contributed by atoms with Crippen LogP contribution in [0.1, 0.15) is 42.5 Å². The minimum atomic E-state index is -0.0151. The Balaban J connectivity index is 1.37. The van der Waals surface area contributed by atoms with E-state index in [-0.39, 0.29) is 17.5 Å². The first-order valence-corrected chi connectivity index (χ1v) is 12.1. The van der Waals surface area contributed by atoms with Crippen LogP contribution in [0.3, 0.4) is 0 Å². The van der Waals surface area contributed by atoms with Crippen molar-refractivity contribution in [3.05, 3.63) is 88.5 Å². The quantitative estimate of drug-likeness (QED) is 0.446. The summed E-state index contributed by atoms with van der Waals surface area (Å²) in [7, 11) is 0. The molecule has 4 aromatic rings. The average molecular weight is 455 g/mol. The zero-order chi connectivity index (χ0) is 23.7. The maximum atomic E-state index is 13.3. The highest BCUT2D eigenvalue weighted by Crippen LogP contribution is 2.24. The van der Waals surface area contributed by atoms with E-state index in [1.165, 1.54) is 0 Å². The van der Waals surface area contributed by atoms with Gasteiger partial charge in [-0.2, -0.15) is 0 Å². The first-order chi connectivity index (χ1) is 16.6. The van der Waals surface area contributed by atoms with Gasteiger partial charge in [-0.05, 0) is 42.3 Å². The fourth-order valence-electron chi connectivity index (χ4n) is 5.00. The van der Waals surface area contributed by atoms with Gasteiger partial charge in [0, 0.05) is 38.3 Å². The molecule has 3 aromatic carbocycles. The van der Waals surface area contributed by atoms with Crippen molar-refractivity contribution in [3.63, 3.8) is 0 Å². The number of carbonyl (C=O) groups is 1. The van der Waals surface area contributed by atoms with Crippen LogP contribution in [0.25, 0.3) is 21.7 Å². The largest absolute Gasteiger partial charge is 0.336 e. The molecule has 1 atom stereocenters. The molecule has 1 aliphatic heterocycles. The molecule has 6 heteroatoms. The average Bonchev–Trinajstić information content (AvgIpc) is 2.89. The number of rotatable bonds is 5. The second kappa shape index (κ2) is 9.39. The lowest BCUT2D eigenvalue weighted by atomic mass is 10.0. The predicted octanol–water partition coefficient (Wildman–Crippen LogP) is 4.48. The molecular formula is C28H30N4O2. The van der Waals surface area contributed by atoms with Crippen molar-refractivity contribution in [1.82, 2.24) is 19.4 Å². The van der Waals surface area contributed by atoms with Crippen LogP contribution in [0.2, 0.25) is 0 Å². The van der Waals surface area contributed by atoms with Gasteiger partial charge in [0.15, 0.2) is 0 Å². The minimum absolute atomic E-state index is 0.0151. The number of piperazine rings is 1. The van der Waals surface area contributed by atoms with E-state index >= 15 is 0 Å². The maximum Gasteiger partial charge on any atom is 0.261 e. The maximum absolute atomic E-state index is 13.3. The zero-order valence-electron chi connectivity index (χ0n) is 19.8. The molecule has 0 radical (unpaired) electrons. The Morgan fingerprint density at radius 2 is 1.59 bits per heavy atom. The second-order valence-corrected chi connectivity index (χ2v) is 8.97. The molecule has 2 heterocycles. The highest BCUT2D eigenvalue weighted by molar-refractivity contribution is 6.07. The zero-order valence-corrected chi connectivity index (χ0v) is 19.8. The number of amides is 1. The highest BCUT2D eigenvalue weighted by Gasteiger charge is 2.28. The number of benzene rings is 3. The fraction of sp³-hybridized carbons (Fsp3) is 0.321. The van der Waals surface area contributed by atoms with Crippen molar-refractivity contribution in [2.75, 3.05) is 26.2 Å². The Labute approximate surface area is 199 Å². The fourth-order valence-corrected chi connectivity index (χ4v) is 5.00. The van der Waals surface area contributed by atoms with Gasteiger partial charge < -0.3 is 4.90 Å². The lowest BCUT2D eigenvalue weighted by molar-refractivity contribution is 0.0573. The highest BCUT2D eigenvalue weighted by atomic mass is 16.2. The van der Waals surface area contributed by atoms with E-state index in [0.29, 0.717) is 25.0 Å². The summed E-state index contributed by atoms with van der Waals surface area (Å²) in [6.07, 6.45) is 0.868. The number of nitrogens with zero attached hydrogens (tertiary/aromatic N) is 4. The van der Waals surface area contributed by atoms with Gasteiger partial charge in [0.05, 0.1) is 16.9 Å². The van der Waals surface area contributed by atoms with E-state index in [4.69, 9.17) is 4.98 Å². The number of aromatic nitrogens is 2. The van der Waals surface area contributed by atoms with Crippen molar-refractivity contribution in [2.24, 2.45) is 0 Å². The normalized spacial score (nSPS) is 15.6. The summed E-state index contributed by atoms with van der Waals surface area (Å²) in [6, 6.07) is 21.5. The van der Waals surface area contributed by atoms with Crippen LogP contribution in [0.5, 0.6) is 0 Å².